The molecule has 0 aromatic heterocycles. The SMILES string of the molecule is C=CCOC(=O)C1N2C(=O)[C@@H](NC(=O)C(C(=O)OC)=C3SCCS3)[C@@H]2SC1(C)C. The lowest BCUT2D eigenvalue weighted by atomic mass is 9.96. The van der Waals surface area contributed by atoms with Crippen molar-refractivity contribution in [2.45, 2.75) is 36.1 Å². The number of nitrogens with zero attached hydrogens (tertiary/aromatic N) is 1. The Kier molecular flexibility index (Phi) is 6.59. The summed E-state index contributed by atoms with van der Waals surface area (Å²) in [7, 11) is 1.21. The molecule has 0 aromatic rings. The van der Waals surface area contributed by atoms with Gasteiger partial charge in [0.1, 0.15) is 29.6 Å². The predicted octanol–water partition coefficient (Wildman–Crippen LogP) is 1.13. The molecule has 0 saturated carbocycles. The second-order valence-electron chi connectivity index (χ2n) is 6.98. The minimum Gasteiger partial charge on any atom is -0.465 e. The Morgan fingerprint density at radius 1 is 1.31 bits per heavy atom. The molecule has 0 radical (unpaired) electrons. The van der Waals surface area contributed by atoms with Crippen LogP contribution in [0.5, 0.6) is 0 Å². The van der Waals surface area contributed by atoms with Gasteiger partial charge in [-0.05, 0) is 13.8 Å². The molecule has 158 valence electrons. The zero-order valence-corrected chi connectivity index (χ0v) is 18.7. The van der Waals surface area contributed by atoms with Crippen LogP contribution in [0, 0.1) is 0 Å². The number of ether oxygens (including phenoxy) is 2. The predicted molar refractivity (Wildman–Crippen MR) is 113 cm³/mol. The van der Waals surface area contributed by atoms with Crippen molar-refractivity contribution in [3.63, 3.8) is 0 Å². The Hall–Kier alpha value is -1.59. The third kappa shape index (κ3) is 4.04. The quantitative estimate of drug-likeness (QED) is 0.157. The van der Waals surface area contributed by atoms with E-state index in [1.54, 1.807) is 0 Å². The van der Waals surface area contributed by atoms with E-state index in [2.05, 4.69) is 11.9 Å². The summed E-state index contributed by atoms with van der Waals surface area (Å²) in [6.07, 6.45) is 1.46. The molecule has 0 spiro atoms. The van der Waals surface area contributed by atoms with E-state index in [0.717, 1.165) is 11.5 Å². The van der Waals surface area contributed by atoms with Crippen molar-refractivity contribution in [1.29, 1.82) is 0 Å². The maximum Gasteiger partial charge on any atom is 0.345 e. The Labute approximate surface area is 181 Å². The minimum absolute atomic E-state index is 0.0638. The van der Waals surface area contributed by atoms with Gasteiger partial charge in [0.15, 0.2) is 0 Å². The van der Waals surface area contributed by atoms with Gasteiger partial charge in [0, 0.05) is 16.3 Å². The molecule has 1 N–H and O–H groups in total. The van der Waals surface area contributed by atoms with Crippen LogP contribution in [0.2, 0.25) is 0 Å². The van der Waals surface area contributed by atoms with Gasteiger partial charge in [0.2, 0.25) is 5.91 Å². The Morgan fingerprint density at radius 2 is 1.97 bits per heavy atom. The van der Waals surface area contributed by atoms with E-state index in [1.165, 1.54) is 53.4 Å². The molecule has 0 aliphatic carbocycles. The summed E-state index contributed by atoms with van der Waals surface area (Å²) in [5, 5.41) is 2.26. The lowest BCUT2D eigenvalue weighted by Gasteiger charge is -2.43. The van der Waals surface area contributed by atoms with Crippen molar-refractivity contribution in [2.75, 3.05) is 25.2 Å². The second kappa shape index (κ2) is 8.65. The van der Waals surface area contributed by atoms with Gasteiger partial charge >= 0.3 is 11.9 Å². The van der Waals surface area contributed by atoms with Gasteiger partial charge in [-0.3, -0.25) is 9.59 Å². The summed E-state index contributed by atoms with van der Waals surface area (Å²) >= 11 is 4.26. The molecule has 3 aliphatic heterocycles. The third-order valence-corrected chi connectivity index (χ3v) is 8.95. The molecule has 2 amide bonds. The number of esters is 2. The maximum atomic E-state index is 12.8. The highest BCUT2D eigenvalue weighted by Gasteiger charge is 2.64. The van der Waals surface area contributed by atoms with Gasteiger partial charge in [-0.25, -0.2) is 9.59 Å². The number of carbonyl (C=O) groups is 4. The first-order valence-electron chi connectivity index (χ1n) is 8.89. The highest BCUT2D eigenvalue weighted by molar-refractivity contribution is 8.25. The van der Waals surface area contributed by atoms with Crippen LogP contribution in [0.1, 0.15) is 13.8 Å². The topological polar surface area (TPSA) is 102 Å². The smallest absolute Gasteiger partial charge is 0.345 e. The molecular formula is C18H22N2O6S3. The van der Waals surface area contributed by atoms with E-state index >= 15 is 0 Å². The van der Waals surface area contributed by atoms with Gasteiger partial charge in [0.05, 0.1) is 11.3 Å². The standard InChI is InChI=1S/C18H22N2O6S3/c1-5-6-26-16(24)11-18(2,3)29-14-10(13(22)20(11)14)19-12(21)9(15(23)25-4)17-27-7-8-28-17/h5,10-11,14H,1,6-8H2,2-4H3,(H,19,21)/t10-,11?,14+/m1/s1. The number of amides is 2. The first kappa shape index (κ1) is 22.1. The number of hydrogen-bond donors (Lipinski definition) is 1. The molecule has 3 atom stereocenters. The fraction of sp³-hybridized carbons (Fsp3) is 0.556. The van der Waals surface area contributed by atoms with Crippen LogP contribution in [0.25, 0.3) is 0 Å². The number of fused-ring (bicyclic) bond motifs is 1. The molecule has 1 unspecified atom stereocenters. The van der Waals surface area contributed by atoms with E-state index < -0.39 is 40.1 Å². The largest absolute Gasteiger partial charge is 0.465 e. The summed E-state index contributed by atoms with van der Waals surface area (Å²) in [6.45, 7) is 7.30. The number of thioether (sulfide) groups is 3. The fourth-order valence-corrected chi connectivity index (χ4v) is 7.52. The molecule has 3 heterocycles. The van der Waals surface area contributed by atoms with E-state index in [4.69, 9.17) is 9.47 Å². The number of methoxy groups -OCH3 is 1. The van der Waals surface area contributed by atoms with Crippen LogP contribution in [0.3, 0.4) is 0 Å². The average molecular weight is 459 g/mol. The van der Waals surface area contributed by atoms with Gasteiger partial charge < -0.3 is 19.7 Å². The number of rotatable bonds is 6. The first-order valence-corrected chi connectivity index (χ1v) is 11.7. The minimum atomic E-state index is -0.819. The molecule has 29 heavy (non-hydrogen) atoms. The number of nitrogens with one attached hydrogen (secondary N) is 1. The van der Waals surface area contributed by atoms with Crippen LogP contribution in [-0.2, 0) is 28.7 Å². The van der Waals surface area contributed by atoms with Crippen LogP contribution in [-0.4, -0.2) is 76.1 Å². The molecule has 11 heteroatoms. The third-order valence-electron chi connectivity index (χ3n) is 4.66. The highest BCUT2D eigenvalue weighted by atomic mass is 32.2. The van der Waals surface area contributed by atoms with Gasteiger partial charge in [-0.1, -0.05) is 12.7 Å². The van der Waals surface area contributed by atoms with Crippen molar-refractivity contribution in [3.05, 3.63) is 22.5 Å². The summed E-state index contributed by atoms with van der Waals surface area (Å²) in [5.41, 5.74) is -0.0737. The van der Waals surface area contributed by atoms with Crippen LogP contribution < -0.4 is 5.32 Å². The molecule has 0 bridgehead atoms. The number of hydrogen-bond acceptors (Lipinski definition) is 9. The fourth-order valence-electron chi connectivity index (χ4n) is 3.39. The average Bonchev–Trinajstić information content (AvgIpc) is 3.28. The van der Waals surface area contributed by atoms with Crippen LogP contribution in [0.15, 0.2) is 22.5 Å². The van der Waals surface area contributed by atoms with Crippen molar-refractivity contribution in [3.8, 4) is 0 Å². The normalized spacial score (nSPS) is 27.0. The van der Waals surface area contributed by atoms with E-state index in [-0.39, 0.29) is 18.1 Å². The monoisotopic (exact) mass is 458 g/mol. The summed E-state index contributed by atoms with van der Waals surface area (Å²) in [6, 6.07) is -1.57. The van der Waals surface area contributed by atoms with Crippen LogP contribution >= 0.6 is 35.3 Å². The molecule has 0 aromatic carbocycles. The summed E-state index contributed by atoms with van der Waals surface area (Å²) in [4.78, 5) is 51.6. The van der Waals surface area contributed by atoms with Crippen molar-refractivity contribution < 1.29 is 28.7 Å². The number of carbonyl (C=O) groups excluding carboxylic acids is 4. The summed E-state index contributed by atoms with van der Waals surface area (Å²) in [5.74, 6) is -0.644. The maximum absolute atomic E-state index is 12.8. The molecule has 8 nitrogen and oxygen atoms in total. The van der Waals surface area contributed by atoms with Gasteiger partial charge in [-0.15, -0.1) is 35.3 Å². The second-order valence-corrected chi connectivity index (χ2v) is 11.2. The lowest BCUT2D eigenvalue weighted by molar-refractivity contribution is -0.163. The highest BCUT2D eigenvalue weighted by Crippen LogP contribution is 2.51. The van der Waals surface area contributed by atoms with Crippen LogP contribution in [0.4, 0.5) is 0 Å². The van der Waals surface area contributed by atoms with E-state index in [1.807, 2.05) is 13.8 Å². The van der Waals surface area contributed by atoms with Crippen molar-refractivity contribution >= 4 is 59.0 Å². The Morgan fingerprint density at radius 3 is 2.55 bits per heavy atom. The van der Waals surface area contributed by atoms with Gasteiger partial charge in [-0.2, -0.15) is 0 Å². The Bertz CT molecular complexity index is 788. The lowest BCUT2D eigenvalue weighted by Crippen LogP contribution is -2.71. The molecule has 3 saturated heterocycles. The van der Waals surface area contributed by atoms with Crippen molar-refractivity contribution in [1.82, 2.24) is 10.2 Å². The first-order chi connectivity index (χ1) is 13.7. The zero-order valence-electron chi connectivity index (χ0n) is 16.3. The van der Waals surface area contributed by atoms with E-state index in [0.29, 0.717) is 4.24 Å². The van der Waals surface area contributed by atoms with Gasteiger partial charge in [0.25, 0.3) is 5.91 Å². The summed E-state index contributed by atoms with van der Waals surface area (Å²) < 4.78 is 9.93. The van der Waals surface area contributed by atoms with Crippen molar-refractivity contribution in [2.24, 2.45) is 0 Å². The molecule has 3 fully saturated rings. The zero-order chi connectivity index (χ0) is 21.3. The molecular weight excluding hydrogens is 436 g/mol. The van der Waals surface area contributed by atoms with E-state index in [9.17, 15) is 19.2 Å². The molecule has 3 rings (SSSR count). The Balaban J connectivity index is 1.76. The molecule has 3 aliphatic rings. The number of β-lactam (4-membered cyclic amide) rings is 1.